The number of rotatable bonds is 6. The SMILES string of the molecule is CCC(N)C(N(CC)CC(N)=O)C(F)(F)F. The highest BCUT2D eigenvalue weighted by molar-refractivity contribution is 5.76. The number of halogens is 3. The lowest BCUT2D eigenvalue weighted by atomic mass is 10.0. The van der Waals surface area contributed by atoms with E-state index < -0.39 is 30.7 Å². The highest BCUT2D eigenvalue weighted by Crippen LogP contribution is 2.27. The molecule has 1 amide bonds. The second kappa shape index (κ2) is 6.05. The Kier molecular flexibility index (Phi) is 5.74. The van der Waals surface area contributed by atoms with E-state index in [9.17, 15) is 18.0 Å². The van der Waals surface area contributed by atoms with E-state index in [0.717, 1.165) is 4.90 Å². The Morgan fingerprint density at radius 1 is 1.38 bits per heavy atom. The Hall–Kier alpha value is -0.820. The zero-order valence-corrected chi connectivity index (χ0v) is 9.42. The highest BCUT2D eigenvalue weighted by Gasteiger charge is 2.46. The van der Waals surface area contributed by atoms with Crippen molar-refractivity contribution >= 4 is 5.91 Å². The van der Waals surface area contributed by atoms with Crippen molar-refractivity contribution in [3.05, 3.63) is 0 Å². The first-order chi connectivity index (χ1) is 7.23. The Balaban J connectivity index is 4.91. The molecule has 0 heterocycles. The summed E-state index contributed by atoms with van der Waals surface area (Å²) in [5.74, 6) is -0.792. The van der Waals surface area contributed by atoms with Crippen LogP contribution >= 0.6 is 0 Å². The van der Waals surface area contributed by atoms with E-state index >= 15 is 0 Å². The van der Waals surface area contributed by atoms with Crippen molar-refractivity contribution in [3.63, 3.8) is 0 Å². The zero-order chi connectivity index (χ0) is 12.9. The van der Waals surface area contributed by atoms with Crippen molar-refractivity contribution in [1.82, 2.24) is 4.90 Å². The third-order valence-corrected chi connectivity index (χ3v) is 2.37. The number of carbonyl (C=O) groups excluding carboxylic acids is 1. The highest BCUT2D eigenvalue weighted by atomic mass is 19.4. The van der Waals surface area contributed by atoms with Crippen molar-refractivity contribution < 1.29 is 18.0 Å². The van der Waals surface area contributed by atoms with Gasteiger partial charge >= 0.3 is 6.18 Å². The topological polar surface area (TPSA) is 72.3 Å². The number of carbonyl (C=O) groups is 1. The van der Waals surface area contributed by atoms with Crippen LogP contribution in [0.2, 0.25) is 0 Å². The van der Waals surface area contributed by atoms with Crippen LogP contribution in [0.15, 0.2) is 0 Å². The van der Waals surface area contributed by atoms with Crippen LogP contribution < -0.4 is 11.5 Å². The van der Waals surface area contributed by atoms with Crippen molar-refractivity contribution in [1.29, 1.82) is 0 Å². The molecule has 0 aromatic heterocycles. The molecule has 7 heteroatoms. The van der Waals surface area contributed by atoms with Gasteiger partial charge in [0.15, 0.2) is 0 Å². The van der Waals surface area contributed by atoms with E-state index in [0.29, 0.717) is 0 Å². The smallest absolute Gasteiger partial charge is 0.369 e. The minimum Gasteiger partial charge on any atom is -0.369 e. The van der Waals surface area contributed by atoms with Gasteiger partial charge in [0.2, 0.25) is 5.91 Å². The van der Waals surface area contributed by atoms with Crippen LogP contribution in [0.3, 0.4) is 0 Å². The van der Waals surface area contributed by atoms with Gasteiger partial charge in [0.1, 0.15) is 6.04 Å². The van der Waals surface area contributed by atoms with Gasteiger partial charge in [0.05, 0.1) is 6.54 Å². The maximum absolute atomic E-state index is 12.8. The molecule has 2 atom stereocenters. The van der Waals surface area contributed by atoms with Crippen molar-refractivity contribution in [2.45, 2.75) is 38.5 Å². The summed E-state index contributed by atoms with van der Waals surface area (Å²) in [5, 5.41) is 0. The van der Waals surface area contributed by atoms with Gasteiger partial charge in [-0.25, -0.2) is 0 Å². The number of primary amides is 1. The van der Waals surface area contributed by atoms with E-state index in [1.54, 1.807) is 6.92 Å². The molecule has 0 bridgehead atoms. The Morgan fingerprint density at radius 2 is 1.88 bits per heavy atom. The number of alkyl halides is 3. The molecule has 0 aromatic rings. The summed E-state index contributed by atoms with van der Waals surface area (Å²) >= 11 is 0. The van der Waals surface area contributed by atoms with Crippen LogP contribution in [0.25, 0.3) is 0 Å². The minimum absolute atomic E-state index is 0.0703. The van der Waals surface area contributed by atoms with E-state index in [2.05, 4.69) is 0 Å². The molecule has 0 aliphatic rings. The maximum atomic E-state index is 12.8. The second-order valence-electron chi connectivity index (χ2n) is 3.59. The normalized spacial score (nSPS) is 16.2. The lowest BCUT2D eigenvalue weighted by Gasteiger charge is -2.34. The van der Waals surface area contributed by atoms with E-state index in [1.807, 2.05) is 0 Å². The van der Waals surface area contributed by atoms with Crippen LogP contribution in [0.1, 0.15) is 20.3 Å². The molecule has 0 saturated heterocycles. The maximum Gasteiger partial charge on any atom is 0.405 e. The fourth-order valence-electron chi connectivity index (χ4n) is 1.55. The molecule has 4 nitrogen and oxygen atoms in total. The average molecular weight is 241 g/mol. The summed E-state index contributed by atoms with van der Waals surface area (Å²) < 4.78 is 38.3. The van der Waals surface area contributed by atoms with Gasteiger partial charge < -0.3 is 11.5 Å². The Bertz CT molecular complexity index is 233. The molecule has 0 radical (unpaired) electrons. The van der Waals surface area contributed by atoms with Gasteiger partial charge in [-0.15, -0.1) is 0 Å². The predicted octanol–water partition coefficient (Wildman–Crippen LogP) is 0.462. The zero-order valence-electron chi connectivity index (χ0n) is 9.42. The van der Waals surface area contributed by atoms with Crippen molar-refractivity contribution in [2.75, 3.05) is 13.1 Å². The number of nitrogens with zero attached hydrogens (tertiary/aromatic N) is 1. The van der Waals surface area contributed by atoms with Gasteiger partial charge in [-0.05, 0) is 13.0 Å². The van der Waals surface area contributed by atoms with Gasteiger partial charge in [-0.1, -0.05) is 13.8 Å². The quantitative estimate of drug-likeness (QED) is 0.709. The molecule has 4 N–H and O–H groups in total. The first kappa shape index (κ1) is 15.2. The Labute approximate surface area is 92.8 Å². The molecule has 16 heavy (non-hydrogen) atoms. The van der Waals surface area contributed by atoms with E-state index in [4.69, 9.17) is 11.5 Å². The standard InChI is InChI=1S/C9H18F3N3O/c1-3-6(13)8(9(10,11)12)15(4-2)5-7(14)16/h6,8H,3-5,13H2,1-2H3,(H2,14,16). The van der Waals surface area contributed by atoms with Crippen molar-refractivity contribution in [3.8, 4) is 0 Å². The molecule has 0 rings (SSSR count). The minimum atomic E-state index is -4.46. The summed E-state index contributed by atoms with van der Waals surface area (Å²) in [4.78, 5) is 11.6. The monoisotopic (exact) mass is 241 g/mol. The van der Waals surface area contributed by atoms with E-state index in [-0.39, 0.29) is 13.0 Å². The van der Waals surface area contributed by atoms with Crippen LogP contribution in [0, 0.1) is 0 Å². The third kappa shape index (κ3) is 4.36. The van der Waals surface area contributed by atoms with Gasteiger partial charge in [0.25, 0.3) is 0 Å². The van der Waals surface area contributed by atoms with Gasteiger partial charge in [-0.2, -0.15) is 13.2 Å². The van der Waals surface area contributed by atoms with Gasteiger partial charge in [-0.3, -0.25) is 9.69 Å². The average Bonchev–Trinajstić information content (AvgIpc) is 2.13. The van der Waals surface area contributed by atoms with Crippen LogP contribution in [0.5, 0.6) is 0 Å². The summed E-state index contributed by atoms with van der Waals surface area (Å²) in [7, 11) is 0. The fraction of sp³-hybridized carbons (Fsp3) is 0.889. The molecular weight excluding hydrogens is 223 g/mol. The second-order valence-corrected chi connectivity index (χ2v) is 3.59. The molecule has 0 saturated carbocycles. The molecule has 0 spiro atoms. The predicted molar refractivity (Wildman–Crippen MR) is 54.6 cm³/mol. The molecule has 0 fully saturated rings. The molecule has 96 valence electrons. The van der Waals surface area contributed by atoms with Gasteiger partial charge in [0, 0.05) is 6.04 Å². The molecule has 2 unspecified atom stereocenters. The number of amides is 1. The van der Waals surface area contributed by atoms with Crippen molar-refractivity contribution in [2.24, 2.45) is 11.5 Å². The third-order valence-electron chi connectivity index (χ3n) is 2.37. The van der Waals surface area contributed by atoms with Crippen LogP contribution in [0.4, 0.5) is 13.2 Å². The molecule has 0 aromatic carbocycles. The molecule has 0 aliphatic carbocycles. The number of likely N-dealkylation sites (N-methyl/N-ethyl adjacent to an activating group) is 1. The number of hydrogen-bond donors (Lipinski definition) is 2. The molecular formula is C9H18F3N3O. The first-order valence-corrected chi connectivity index (χ1v) is 5.08. The largest absolute Gasteiger partial charge is 0.405 e. The summed E-state index contributed by atoms with van der Waals surface area (Å²) in [6.07, 6.45) is -4.28. The summed E-state index contributed by atoms with van der Waals surface area (Å²) in [6, 6.07) is -2.88. The van der Waals surface area contributed by atoms with Crippen LogP contribution in [-0.4, -0.2) is 42.2 Å². The Morgan fingerprint density at radius 3 is 2.12 bits per heavy atom. The lowest BCUT2D eigenvalue weighted by molar-refractivity contribution is -0.189. The summed E-state index contributed by atoms with van der Waals surface area (Å²) in [6.45, 7) is 2.74. The fourth-order valence-corrected chi connectivity index (χ4v) is 1.55. The number of nitrogens with two attached hydrogens (primary N) is 2. The van der Waals surface area contributed by atoms with E-state index in [1.165, 1.54) is 6.92 Å². The molecule has 0 aliphatic heterocycles. The summed E-state index contributed by atoms with van der Waals surface area (Å²) in [5.41, 5.74) is 10.3. The van der Waals surface area contributed by atoms with Crippen LogP contribution in [-0.2, 0) is 4.79 Å². The number of hydrogen-bond acceptors (Lipinski definition) is 3. The first-order valence-electron chi connectivity index (χ1n) is 5.08. The lowest BCUT2D eigenvalue weighted by Crippen LogP contribution is -2.57.